The highest BCUT2D eigenvalue weighted by Gasteiger charge is 2.24. The molecule has 1 aliphatic rings. The predicted octanol–water partition coefficient (Wildman–Crippen LogP) is 4.56. The smallest absolute Gasteiger partial charge is 0.259 e. The van der Waals surface area contributed by atoms with Crippen LogP contribution in [0.15, 0.2) is 60.8 Å². The molecule has 4 rings (SSSR count). The fourth-order valence-electron chi connectivity index (χ4n) is 3.83. The van der Waals surface area contributed by atoms with E-state index in [1.165, 1.54) is 29.8 Å². The molecule has 0 spiro atoms. The molecule has 3 aromatic rings. The fraction of sp³-hybridized carbons (Fsp3) is 0.292. The van der Waals surface area contributed by atoms with Gasteiger partial charge in [0.15, 0.2) is 0 Å². The number of anilines is 1. The van der Waals surface area contributed by atoms with Gasteiger partial charge < -0.3 is 5.32 Å². The Morgan fingerprint density at radius 3 is 2.47 bits per heavy atom. The number of likely N-dealkylation sites (tertiary alicyclic amines) is 1. The van der Waals surface area contributed by atoms with Crippen LogP contribution in [-0.2, 0) is 6.54 Å². The Morgan fingerprint density at radius 1 is 1.10 bits per heavy atom. The van der Waals surface area contributed by atoms with Crippen molar-refractivity contribution in [2.45, 2.75) is 32.2 Å². The molecule has 0 bridgehead atoms. The van der Waals surface area contributed by atoms with Crippen LogP contribution in [0.4, 0.5) is 10.1 Å². The summed E-state index contributed by atoms with van der Waals surface area (Å²) in [7, 11) is 0. The molecule has 154 valence electrons. The largest absolute Gasteiger partial charge is 0.322 e. The monoisotopic (exact) mass is 404 g/mol. The van der Waals surface area contributed by atoms with E-state index >= 15 is 0 Å². The average molecular weight is 404 g/mol. The van der Waals surface area contributed by atoms with Crippen LogP contribution in [0.1, 0.15) is 46.2 Å². The number of aryl methyl sites for hydroxylation is 1. The molecule has 0 radical (unpaired) electrons. The summed E-state index contributed by atoms with van der Waals surface area (Å²) in [6.07, 6.45) is 3.62. The first-order valence-electron chi connectivity index (χ1n) is 10.3. The van der Waals surface area contributed by atoms with Gasteiger partial charge in [0.1, 0.15) is 11.6 Å². The topological polar surface area (TPSA) is 58.1 Å². The van der Waals surface area contributed by atoms with Crippen molar-refractivity contribution in [2.24, 2.45) is 0 Å². The molecule has 5 nitrogen and oxygen atoms in total. The van der Waals surface area contributed by atoms with Crippen LogP contribution < -0.4 is 5.32 Å². The third kappa shape index (κ3) is 4.89. The molecule has 2 aromatic carbocycles. The number of amides is 1. The minimum Gasteiger partial charge on any atom is -0.322 e. The number of nitrogens with one attached hydrogen (secondary N) is 1. The van der Waals surface area contributed by atoms with Crippen LogP contribution in [0.2, 0.25) is 0 Å². The van der Waals surface area contributed by atoms with E-state index in [9.17, 15) is 9.18 Å². The van der Waals surface area contributed by atoms with Crippen LogP contribution in [0.5, 0.6) is 0 Å². The highest BCUT2D eigenvalue weighted by molar-refractivity contribution is 6.04. The lowest BCUT2D eigenvalue weighted by Crippen LogP contribution is -2.33. The van der Waals surface area contributed by atoms with E-state index in [4.69, 9.17) is 0 Å². The highest BCUT2D eigenvalue weighted by atomic mass is 19.1. The summed E-state index contributed by atoms with van der Waals surface area (Å²) in [6, 6.07) is 16.2. The molecule has 0 unspecified atom stereocenters. The standard InChI is InChI=1S/C24H25FN4O/c1-17-22(24(30)28-21-9-7-20(25)8-10-21)15-26-23(27-17)19-11-13-29(14-12-19)16-18-5-3-2-4-6-18/h2-10,15,19H,11-14,16H2,1H3,(H,28,30). The Labute approximate surface area is 176 Å². The molecule has 1 fully saturated rings. The first-order valence-corrected chi connectivity index (χ1v) is 10.3. The molecule has 1 aliphatic heterocycles. The third-order valence-electron chi connectivity index (χ3n) is 5.55. The van der Waals surface area contributed by atoms with Crippen LogP contribution >= 0.6 is 0 Å². The van der Waals surface area contributed by atoms with Gasteiger partial charge in [-0.15, -0.1) is 0 Å². The number of rotatable bonds is 5. The summed E-state index contributed by atoms with van der Waals surface area (Å²) in [5, 5.41) is 2.76. The molecule has 0 atom stereocenters. The normalized spacial score (nSPS) is 15.1. The predicted molar refractivity (Wildman–Crippen MR) is 115 cm³/mol. The number of benzene rings is 2. The summed E-state index contributed by atoms with van der Waals surface area (Å²) in [5.74, 6) is 0.491. The van der Waals surface area contributed by atoms with Crippen LogP contribution in [0, 0.1) is 12.7 Å². The fourth-order valence-corrected chi connectivity index (χ4v) is 3.83. The van der Waals surface area contributed by atoms with Gasteiger partial charge in [-0.1, -0.05) is 30.3 Å². The summed E-state index contributed by atoms with van der Waals surface area (Å²) in [4.78, 5) is 24.1. The first kappa shape index (κ1) is 20.2. The van der Waals surface area contributed by atoms with Crippen molar-refractivity contribution in [2.75, 3.05) is 18.4 Å². The van der Waals surface area contributed by atoms with Crippen LogP contribution in [0.25, 0.3) is 0 Å². The zero-order chi connectivity index (χ0) is 20.9. The van der Waals surface area contributed by atoms with Crippen molar-refractivity contribution in [3.63, 3.8) is 0 Å². The maximum absolute atomic E-state index is 13.0. The van der Waals surface area contributed by atoms with E-state index < -0.39 is 0 Å². The SMILES string of the molecule is Cc1nc(C2CCN(Cc3ccccc3)CC2)ncc1C(=O)Nc1ccc(F)cc1. The number of halogens is 1. The quantitative estimate of drug-likeness (QED) is 0.678. The Hall–Kier alpha value is -3.12. The van der Waals surface area contributed by atoms with Gasteiger partial charge in [0.25, 0.3) is 5.91 Å². The van der Waals surface area contributed by atoms with Gasteiger partial charge in [-0.25, -0.2) is 14.4 Å². The Balaban J connectivity index is 1.36. The molecule has 6 heteroatoms. The minimum absolute atomic E-state index is 0.289. The van der Waals surface area contributed by atoms with E-state index in [-0.39, 0.29) is 11.7 Å². The van der Waals surface area contributed by atoms with Gasteiger partial charge in [0, 0.05) is 24.3 Å². The molecule has 2 heterocycles. The van der Waals surface area contributed by atoms with Crippen molar-refractivity contribution in [3.05, 3.63) is 89.3 Å². The molecule has 1 amide bonds. The lowest BCUT2D eigenvalue weighted by atomic mass is 9.95. The van der Waals surface area contributed by atoms with E-state index in [0.717, 1.165) is 38.3 Å². The minimum atomic E-state index is -0.341. The maximum Gasteiger partial charge on any atom is 0.259 e. The van der Waals surface area contributed by atoms with Crippen LogP contribution in [-0.4, -0.2) is 33.9 Å². The van der Waals surface area contributed by atoms with E-state index in [0.29, 0.717) is 22.9 Å². The van der Waals surface area contributed by atoms with Crippen molar-refractivity contribution in [3.8, 4) is 0 Å². The van der Waals surface area contributed by atoms with Gasteiger partial charge in [-0.05, 0) is 62.7 Å². The summed E-state index contributed by atoms with van der Waals surface area (Å²) in [6.45, 7) is 4.81. The van der Waals surface area contributed by atoms with Gasteiger partial charge in [-0.3, -0.25) is 9.69 Å². The lowest BCUT2D eigenvalue weighted by molar-refractivity contribution is 0.102. The van der Waals surface area contributed by atoms with E-state index in [1.54, 1.807) is 6.20 Å². The second-order valence-electron chi connectivity index (χ2n) is 7.72. The summed E-state index contributed by atoms with van der Waals surface area (Å²) < 4.78 is 13.0. The van der Waals surface area contributed by atoms with Crippen molar-refractivity contribution in [1.82, 2.24) is 14.9 Å². The highest BCUT2D eigenvalue weighted by Crippen LogP contribution is 2.27. The molecule has 30 heavy (non-hydrogen) atoms. The number of carbonyl (C=O) groups excluding carboxylic acids is 1. The van der Waals surface area contributed by atoms with Gasteiger partial charge >= 0.3 is 0 Å². The molecule has 1 saturated heterocycles. The average Bonchev–Trinajstić information content (AvgIpc) is 2.76. The Bertz CT molecular complexity index is 999. The Kier molecular flexibility index (Phi) is 6.14. The number of aromatic nitrogens is 2. The number of hydrogen-bond donors (Lipinski definition) is 1. The summed E-state index contributed by atoms with van der Waals surface area (Å²) >= 11 is 0. The van der Waals surface area contributed by atoms with E-state index in [2.05, 4.69) is 44.5 Å². The molecule has 0 saturated carbocycles. The Morgan fingerprint density at radius 2 is 1.80 bits per heavy atom. The van der Waals surface area contributed by atoms with Crippen LogP contribution in [0.3, 0.4) is 0 Å². The zero-order valence-corrected chi connectivity index (χ0v) is 17.0. The maximum atomic E-state index is 13.0. The molecule has 0 aliphatic carbocycles. The van der Waals surface area contributed by atoms with Gasteiger partial charge in [0.05, 0.1) is 11.3 Å². The number of nitrogens with zero attached hydrogens (tertiary/aromatic N) is 3. The molecular formula is C24H25FN4O. The number of piperidine rings is 1. The second kappa shape index (κ2) is 9.13. The second-order valence-corrected chi connectivity index (χ2v) is 7.72. The van der Waals surface area contributed by atoms with Crippen molar-refractivity contribution >= 4 is 11.6 Å². The van der Waals surface area contributed by atoms with Gasteiger partial charge in [0.2, 0.25) is 0 Å². The molecular weight excluding hydrogens is 379 g/mol. The van der Waals surface area contributed by atoms with Gasteiger partial charge in [-0.2, -0.15) is 0 Å². The lowest BCUT2D eigenvalue weighted by Gasteiger charge is -2.31. The molecule has 1 N–H and O–H groups in total. The molecule has 1 aromatic heterocycles. The van der Waals surface area contributed by atoms with Crippen molar-refractivity contribution < 1.29 is 9.18 Å². The summed E-state index contributed by atoms with van der Waals surface area (Å²) in [5.41, 5.74) is 2.96. The van der Waals surface area contributed by atoms with Crippen molar-refractivity contribution in [1.29, 1.82) is 0 Å². The zero-order valence-electron chi connectivity index (χ0n) is 17.0. The number of carbonyl (C=O) groups is 1. The first-order chi connectivity index (χ1) is 14.6. The third-order valence-corrected chi connectivity index (χ3v) is 5.55. The van der Waals surface area contributed by atoms with E-state index in [1.807, 2.05) is 13.0 Å². The number of hydrogen-bond acceptors (Lipinski definition) is 4.